The van der Waals surface area contributed by atoms with Gasteiger partial charge in [-0.2, -0.15) is 0 Å². The van der Waals surface area contributed by atoms with Gasteiger partial charge in [0.15, 0.2) is 0 Å². The Balaban J connectivity index is 1.29. The van der Waals surface area contributed by atoms with Crippen LogP contribution in [-0.2, 0) is 0 Å². The summed E-state index contributed by atoms with van der Waals surface area (Å²) >= 11 is 0. The van der Waals surface area contributed by atoms with E-state index in [-0.39, 0.29) is 5.41 Å². The van der Waals surface area contributed by atoms with Crippen LogP contribution in [0.15, 0.2) is 167 Å². The molecule has 0 amide bonds. The smallest absolute Gasteiger partial charge is 0.0459 e. The molecule has 1 heterocycles. The fraction of sp³-hybridized carbons (Fsp3) is 0.292. The van der Waals surface area contributed by atoms with Gasteiger partial charge < -0.3 is 15.1 Å². The van der Waals surface area contributed by atoms with Crippen LogP contribution in [0.25, 0.3) is 11.1 Å². The zero-order valence-corrected chi connectivity index (χ0v) is 31.2. The Labute approximate surface area is 306 Å². The number of unbranched alkanes of at least 4 members (excludes halogenated alkanes) is 1. The fourth-order valence-corrected chi connectivity index (χ4v) is 8.26. The molecule has 3 aromatic rings. The second-order valence-electron chi connectivity index (χ2n) is 14.7. The summed E-state index contributed by atoms with van der Waals surface area (Å²) in [6, 6.07) is 27.4. The summed E-state index contributed by atoms with van der Waals surface area (Å²) in [5.74, 6) is 0. The summed E-state index contributed by atoms with van der Waals surface area (Å²) in [5.41, 5.74) is 16.6. The Morgan fingerprint density at radius 3 is 2.08 bits per heavy atom. The summed E-state index contributed by atoms with van der Waals surface area (Å²) in [7, 11) is 0. The quantitative estimate of drug-likeness (QED) is 0.153. The fourth-order valence-electron chi connectivity index (χ4n) is 8.26. The van der Waals surface area contributed by atoms with E-state index in [1.165, 1.54) is 44.8 Å². The van der Waals surface area contributed by atoms with Crippen molar-refractivity contribution in [1.29, 1.82) is 0 Å². The first-order valence-electron chi connectivity index (χ1n) is 18.9. The number of hydrogen-bond acceptors (Lipinski definition) is 3. The average Bonchev–Trinajstić information content (AvgIpc) is 3.99. The molecule has 3 aromatic carbocycles. The molecule has 1 aliphatic heterocycles. The van der Waals surface area contributed by atoms with Crippen molar-refractivity contribution < 1.29 is 0 Å². The van der Waals surface area contributed by atoms with Crippen LogP contribution < -0.4 is 15.1 Å². The van der Waals surface area contributed by atoms with Gasteiger partial charge in [0, 0.05) is 52.2 Å². The predicted octanol–water partition coefficient (Wildman–Crippen LogP) is 12.6. The largest absolute Gasteiger partial charge is 0.315 e. The molecule has 0 bridgehead atoms. The Morgan fingerprint density at radius 2 is 1.47 bits per heavy atom. The van der Waals surface area contributed by atoms with Crippen LogP contribution in [-0.4, -0.2) is 12.6 Å². The van der Waals surface area contributed by atoms with Crippen LogP contribution in [0.2, 0.25) is 0 Å². The van der Waals surface area contributed by atoms with Crippen molar-refractivity contribution in [1.82, 2.24) is 5.32 Å². The molecule has 2 unspecified atom stereocenters. The van der Waals surface area contributed by atoms with Gasteiger partial charge in [-0.1, -0.05) is 105 Å². The Kier molecular flexibility index (Phi) is 10.0. The summed E-state index contributed by atoms with van der Waals surface area (Å²) in [6.45, 7) is 17.0. The van der Waals surface area contributed by atoms with Gasteiger partial charge in [0.2, 0.25) is 0 Å². The van der Waals surface area contributed by atoms with Gasteiger partial charge in [0.05, 0.1) is 0 Å². The predicted molar refractivity (Wildman–Crippen MR) is 219 cm³/mol. The highest BCUT2D eigenvalue weighted by Crippen LogP contribution is 2.55. The summed E-state index contributed by atoms with van der Waals surface area (Å²) in [4.78, 5) is 4.76. The van der Waals surface area contributed by atoms with Gasteiger partial charge >= 0.3 is 0 Å². The van der Waals surface area contributed by atoms with E-state index in [2.05, 4.69) is 178 Å². The van der Waals surface area contributed by atoms with Crippen molar-refractivity contribution >= 4 is 17.1 Å². The first-order valence-corrected chi connectivity index (χ1v) is 18.9. The van der Waals surface area contributed by atoms with Gasteiger partial charge in [-0.05, 0) is 135 Å². The third-order valence-corrected chi connectivity index (χ3v) is 11.2. The third kappa shape index (κ3) is 6.93. The standard InChI is InChI=1S/C48H53N3/c1-7-8-10-15-35(3)50(40-16-11-9-12-17-40)42-28-30-43(31-29-42)51(41-26-24-39(25-27-41)38-22-20-34(2)21-23-38)36(4)32-46-37(5)44-18-13-14-19-45(44)48(46,6)47-33-49-47/h9-11,13,15-16,18,20-32,47,49H,3,7-8,12,14,17,19,33H2,1-2,4-6H3/b15-10-,36-32+. The van der Waals surface area contributed by atoms with Crippen molar-refractivity contribution in [3.8, 4) is 11.1 Å². The molecule has 0 aromatic heterocycles. The van der Waals surface area contributed by atoms with E-state index in [0.717, 1.165) is 67.8 Å². The Morgan fingerprint density at radius 1 is 0.863 bits per heavy atom. The number of aryl methyl sites for hydroxylation is 1. The summed E-state index contributed by atoms with van der Waals surface area (Å²) in [6.07, 6.45) is 24.8. The normalized spacial score (nSPS) is 21.3. The zero-order chi connectivity index (χ0) is 35.5. The lowest BCUT2D eigenvalue weighted by Gasteiger charge is -2.33. The van der Waals surface area contributed by atoms with Crippen LogP contribution in [0.1, 0.15) is 71.8 Å². The molecule has 4 aliphatic rings. The third-order valence-electron chi connectivity index (χ3n) is 11.2. The van der Waals surface area contributed by atoms with E-state index in [9.17, 15) is 0 Å². The second kappa shape index (κ2) is 14.8. The number of nitrogens with zero attached hydrogens (tertiary/aromatic N) is 2. The van der Waals surface area contributed by atoms with E-state index >= 15 is 0 Å². The molecule has 51 heavy (non-hydrogen) atoms. The van der Waals surface area contributed by atoms with Crippen LogP contribution >= 0.6 is 0 Å². The van der Waals surface area contributed by atoms with E-state index in [4.69, 9.17) is 0 Å². The maximum Gasteiger partial charge on any atom is 0.0459 e. The van der Waals surface area contributed by atoms with Crippen molar-refractivity contribution in [3.63, 3.8) is 0 Å². The van der Waals surface area contributed by atoms with Crippen molar-refractivity contribution in [2.24, 2.45) is 5.41 Å². The molecule has 7 rings (SSSR count). The molecule has 260 valence electrons. The lowest BCUT2D eigenvalue weighted by atomic mass is 9.72. The monoisotopic (exact) mass is 671 g/mol. The zero-order valence-electron chi connectivity index (χ0n) is 31.2. The summed E-state index contributed by atoms with van der Waals surface area (Å²) in [5, 5.41) is 3.70. The molecular weight excluding hydrogens is 619 g/mol. The number of nitrogens with one attached hydrogen (secondary N) is 1. The minimum absolute atomic E-state index is 0.00455. The van der Waals surface area contributed by atoms with E-state index in [1.54, 1.807) is 5.57 Å². The van der Waals surface area contributed by atoms with Gasteiger partial charge in [-0.3, -0.25) is 0 Å². The molecule has 3 heteroatoms. The van der Waals surface area contributed by atoms with Crippen LogP contribution in [0.3, 0.4) is 0 Å². The molecule has 0 radical (unpaired) electrons. The molecule has 3 nitrogen and oxygen atoms in total. The number of hydrogen-bond donors (Lipinski definition) is 1. The first-order chi connectivity index (χ1) is 24.8. The SMILES string of the molecule is C=C(/C=C\CCC)N(C1=CC=CCC1)c1ccc(N(/C(C)=C/C2=C(C)C3=C(CCC=C3)C2(C)C2CN2)c2ccc(-c3ccc(C)cc3)cc2)cc1. The lowest BCUT2D eigenvalue weighted by Crippen LogP contribution is -2.29. The van der Waals surface area contributed by atoms with Gasteiger partial charge in [-0.25, -0.2) is 0 Å². The maximum atomic E-state index is 4.51. The van der Waals surface area contributed by atoms with Crippen molar-refractivity contribution in [2.75, 3.05) is 16.3 Å². The second-order valence-corrected chi connectivity index (χ2v) is 14.7. The van der Waals surface area contributed by atoms with Crippen molar-refractivity contribution in [3.05, 3.63) is 173 Å². The van der Waals surface area contributed by atoms with Crippen LogP contribution in [0.5, 0.6) is 0 Å². The highest BCUT2D eigenvalue weighted by molar-refractivity contribution is 5.75. The van der Waals surface area contributed by atoms with E-state index in [1.807, 2.05) is 0 Å². The molecule has 0 spiro atoms. The number of allylic oxidation sites excluding steroid dienone is 12. The maximum absolute atomic E-state index is 4.51. The first kappa shape index (κ1) is 34.6. The average molecular weight is 672 g/mol. The minimum Gasteiger partial charge on any atom is -0.315 e. The highest BCUT2D eigenvalue weighted by Gasteiger charge is 2.50. The summed E-state index contributed by atoms with van der Waals surface area (Å²) < 4.78 is 0. The van der Waals surface area contributed by atoms with Gasteiger partial charge in [-0.15, -0.1) is 0 Å². The topological polar surface area (TPSA) is 28.4 Å². The molecular formula is C48H53N3. The van der Waals surface area contributed by atoms with Crippen LogP contribution in [0.4, 0.5) is 17.1 Å². The highest BCUT2D eigenvalue weighted by atomic mass is 15.2. The molecule has 1 saturated heterocycles. The number of rotatable bonds is 12. The van der Waals surface area contributed by atoms with Gasteiger partial charge in [0.1, 0.15) is 0 Å². The van der Waals surface area contributed by atoms with E-state index < -0.39 is 0 Å². The number of benzene rings is 3. The Hall–Kier alpha value is -4.86. The van der Waals surface area contributed by atoms with Crippen molar-refractivity contribution in [2.45, 2.75) is 79.2 Å². The number of anilines is 3. The molecule has 2 atom stereocenters. The molecule has 0 saturated carbocycles. The lowest BCUT2D eigenvalue weighted by molar-refractivity contribution is 0.466. The Bertz CT molecular complexity index is 1990. The van der Waals surface area contributed by atoms with Gasteiger partial charge in [0.25, 0.3) is 0 Å². The molecule has 1 fully saturated rings. The van der Waals surface area contributed by atoms with Crippen LogP contribution in [0, 0.1) is 12.3 Å². The molecule has 1 N–H and O–H groups in total. The van der Waals surface area contributed by atoms with E-state index in [0.29, 0.717) is 6.04 Å². The molecule has 3 aliphatic carbocycles. The minimum atomic E-state index is 0.00455.